The molecule has 1 aliphatic heterocycles. The monoisotopic (exact) mass is 264 g/mol. The molecule has 1 aliphatic rings. The molecule has 0 spiro atoms. The van der Waals surface area contributed by atoms with E-state index < -0.39 is 0 Å². The highest BCUT2D eigenvalue weighted by molar-refractivity contribution is 5.30. The molecule has 0 radical (unpaired) electrons. The Morgan fingerprint density at radius 3 is 2.89 bits per heavy atom. The predicted molar refractivity (Wildman–Crippen MR) is 76.1 cm³/mol. The van der Waals surface area contributed by atoms with Crippen LogP contribution in [-0.2, 0) is 11.3 Å². The van der Waals surface area contributed by atoms with Crippen molar-refractivity contribution in [2.45, 2.75) is 38.8 Å². The molecular formula is C14H24N4O. The maximum absolute atomic E-state index is 5.75. The maximum Gasteiger partial charge on any atom is 0.144 e. The first kappa shape index (κ1) is 14.2. The largest absolute Gasteiger partial charge is 0.377 e. The average molecular weight is 264 g/mol. The van der Waals surface area contributed by atoms with E-state index in [4.69, 9.17) is 4.74 Å². The Labute approximate surface area is 115 Å². The van der Waals surface area contributed by atoms with E-state index in [1.54, 1.807) is 6.20 Å². The average Bonchev–Trinajstić information content (AvgIpc) is 2.42. The van der Waals surface area contributed by atoms with Crippen LogP contribution >= 0.6 is 0 Å². The number of rotatable bonds is 6. The second kappa shape index (κ2) is 7.40. The number of hydrogen-bond donors (Lipinski definition) is 1. The number of ether oxygens (including phenoxy) is 1. The van der Waals surface area contributed by atoms with E-state index in [9.17, 15) is 0 Å². The van der Waals surface area contributed by atoms with Gasteiger partial charge in [0.05, 0.1) is 24.2 Å². The molecule has 19 heavy (non-hydrogen) atoms. The van der Waals surface area contributed by atoms with E-state index in [0.717, 1.165) is 37.8 Å². The normalized spacial score (nSPS) is 19.6. The fourth-order valence-electron chi connectivity index (χ4n) is 2.35. The Bertz CT molecular complexity index is 362. The molecule has 1 fully saturated rings. The standard InChI is InChI=1S/C14H24N4O/c1-3-15-14-9-16-12(8-17-14)10-18(2)11-13-6-4-5-7-19-13/h8-9,13H,3-7,10-11H2,1-2H3,(H,15,17). The molecule has 2 heterocycles. The smallest absolute Gasteiger partial charge is 0.144 e. The second-order valence-electron chi connectivity index (χ2n) is 5.11. The highest BCUT2D eigenvalue weighted by Gasteiger charge is 2.16. The summed E-state index contributed by atoms with van der Waals surface area (Å²) in [5.74, 6) is 0.838. The molecule has 2 rings (SSSR count). The van der Waals surface area contributed by atoms with Crippen LogP contribution in [0.4, 0.5) is 5.82 Å². The van der Waals surface area contributed by atoms with Crippen LogP contribution in [0, 0.1) is 0 Å². The van der Waals surface area contributed by atoms with Crippen molar-refractivity contribution in [3.63, 3.8) is 0 Å². The summed E-state index contributed by atoms with van der Waals surface area (Å²) in [4.78, 5) is 11.0. The molecule has 1 aromatic rings. The summed E-state index contributed by atoms with van der Waals surface area (Å²) in [7, 11) is 2.11. The Hall–Kier alpha value is -1.20. The van der Waals surface area contributed by atoms with Gasteiger partial charge in [-0.1, -0.05) is 0 Å². The topological polar surface area (TPSA) is 50.3 Å². The van der Waals surface area contributed by atoms with Crippen LogP contribution in [-0.4, -0.2) is 47.7 Å². The summed E-state index contributed by atoms with van der Waals surface area (Å²) in [6, 6.07) is 0. The molecule has 0 aliphatic carbocycles. The molecule has 106 valence electrons. The van der Waals surface area contributed by atoms with E-state index in [0.29, 0.717) is 6.10 Å². The van der Waals surface area contributed by atoms with Crippen molar-refractivity contribution in [1.82, 2.24) is 14.9 Å². The molecule has 0 saturated carbocycles. The lowest BCUT2D eigenvalue weighted by Gasteiger charge is -2.27. The van der Waals surface area contributed by atoms with Crippen molar-refractivity contribution in [2.75, 3.05) is 32.1 Å². The number of nitrogens with zero attached hydrogens (tertiary/aromatic N) is 3. The third-order valence-corrected chi connectivity index (χ3v) is 3.28. The molecule has 0 bridgehead atoms. The van der Waals surface area contributed by atoms with Crippen LogP contribution in [0.1, 0.15) is 31.9 Å². The predicted octanol–water partition coefficient (Wildman–Crippen LogP) is 1.91. The van der Waals surface area contributed by atoms with Gasteiger partial charge in [-0.05, 0) is 33.2 Å². The molecule has 0 amide bonds. The zero-order valence-electron chi connectivity index (χ0n) is 11.9. The zero-order valence-corrected chi connectivity index (χ0v) is 11.9. The van der Waals surface area contributed by atoms with Gasteiger partial charge < -0.3 is 10.1 Å². The van der Waals surface area contributed by atoms with Crippen molar-refractivity contribution in [3.05, 3.63) is 18.1 Å². The third-order valence-electron chi connectivity index (χ3n) is 3.28. The van der Waals surface area contributed by atoms with Gasteiger partial charge in [-0.3, -0.25) is 9.88 Å². The van der Waals surface area contributed by atoms with Gasteiger partial charge in [0.15, 0.2) is 0 Å². The van der Waals surface area contributed by atoms with Crippen LogP contribution in [0.2, 0.25) is 0 Å². The van der Waals surface area contributed by atoms with Crippen LogP contribution < -0.4 is 5.32 Å². The minimum atomic E-state index is 0.382. The number of hydrogen-bond acceptors (Lipinski definition) is 5. The van der Waals surface area contributed by atoms with Gasteiger partial charge in [0.25, 0.3) is 0 Å². The summed E-state index contributed by atoms with van der Waals surface area (Å²) >= 11 is 0. The lowest BCUT2D eigenvalue weighted by atomic mass is 10.1. The fourth-order valence-corrected chi connectivity index (χ4v) is 2.35. The Kier molecular flexibility index (Phi) is 5.54. The van der Waals surface area contributed by atoms with Gasteiger partial charge in [-0.25, -0.2) is 4.98 Å². The van der Waals surface area contributed by atoms with Crippen molar-refractivity contribution in [2.24, 2.45) is 0 Å². The number of aromatic nitrogens is 2. The summed E-state index contributed by atoms with van der Waals surface area (Å²) < 4.78 is 5.75. The van der Waals surface area contributed by atoms with Gasteiger partial charge in [0.1, 0.15) is 5.82 Å². The summed E-state index contributed by atoms with van der Waals surface area (Å²) in [6.07, 6.45) is 7.69. The molecule has 1 saturated heterocycles. The van der Waals surface area contributed by atoms with Crippen LogP contribution in [0.15, 0.2) is 12.4 Å². The van der Waals surface area contributed by atoms with Crippen LogP contribution in [0.25, 0.3) is 0 Å². The first-order valence-corrected chi connectivity index (χ1v) is 7.13. The SMILES string of the molecule is CCNc1cnc(CN(C)CC2CCCCO2)cn1. The van der Waals surface area contributed by atoms with Gasteiger partial charge >= 0.3 is 0 Å². The van der Waals surface area contributed by atoms with Gasteiger partial charge in [-0.2, -0.15) is 0 Å². The number of nitrogens with one attached hydrogen (secondary N) is 1. The molecule has 1 aromatic heterocycles. The van der Waals surface area contributed by atoms with Crippen LogP contribution in [0.3, 0.4) is 0 Å². The minimum absolute atomic E-state index is 0.382. The molecular weight excluding hydrogens is 240 g/mol. The van der Waals surface area contributed by atoms with Crippen molar-refractivity contribution >= 4 is 5.82 Å². The summed E-state index contributed by atoms with van der Waals surface area (Å²) in [5.41, 5.74) is 1.000. The van der Waals surface area contributed by atoms with Crippen molar-refractivity contribution in [1.29, 1.82) is 0 Å². The van der Waals surface area contributed by atoms with E-state index in [-0.39, 0.29) is 0 Å². The second-order valence-corrected chi connectivity index (χ2v) is 5.11. The molecule has 1 atom stereocenters. The molecule has 5 nitrogen and oxygen atoms in total. The Morgan fingerprint density at radius 2 is 2.26 bits per heavy atom. The maximum atomic E-state index is 5.75. The minimum Gasteiger partial charge on any atom is -0.377 e. The van der Waals surface area contributed by atoms with E-state index in [2.05, 4.69) is 27.2 Å². The first-order chi connectivity index (χ1) is 9.28. The lowest BCUT2D eigenvalue weighted by molar-refractivity contribution is -0.00275. The van der Waals surface area contributed by atoms with E-state index in [1.807, 2.05) is 13.1 Å². The van der Waals surface area contributed by atoms with Gasteiger partial charge in [0.2, 0.25) is 0 Å². The quantitative estimate of drug-likeness (QED) is 0.850. The fraction of sp³-hybridized carbons (Fsp3) is 0.714. The summed E-state index contributed by atoms with van der Waals surface area (Å²) in [6.45, 7) is 5.62. The van der Waals surface area contributed by atoms with Crippen LogP contribution in [0.5, 0.6) is 0 Å². The van der Waals surface area contributed by atoms with E-state index in [1.165, 1.54) is 19.3 Å². The van der Waals surface area contributed by atoms with Crippen molar-refractivity contribution < 1.29 is 4.74 Å². The highest BCUT2D eigenvalue weighted by atomic mass is 16.5. The van der Waals surface area contributed by atoms with Crippen molar-refractivity contribution in [3.8, 4) is 0 Å². The number of anilines is 1. The van der Waals surface area contributed by atoms with Gasteiger partial charge in [0, 0.05) is 26.2 Å². The lowest BCUT2D eigenvalue weighted by Crippen LogP contribution is -2.33. The first-order valence-electron chi connectivity index (χ1n) is 7.13. The molecule has 1 unspecified atom stereocenters. The Morgan fingerprint density at radius 1 is 1.37 bits per heavy atom. The molecule has 5 heteroatoms. The summed E-state index contributed by atoms with van der Waals surface area (Å²) in [5, 5.41) is 3.15. The zero-order chi connectivity index (χ0) is 13.5. The Balaban J connectivity index is 1.78. The third kappa shape index (κ3) is 4.76. The molecule has 1 N–H and O–H groups in total. The van der Waals surface area contributed by atoms with Gasteiger partial charge in [-0.15, -0.1) is 0 Å². The molecule has 0 aromatic carbocycles. The highest BCUT2D eigenvalue weighted by Crippen LogP contribution is 2.14. The van der Waals surface area contributed by atoms with E-state index >= 15 is 0 Å². The number of likely N-dealkylation sites (N-methyl/N-ethyl adjacent to an activating group) is 1.